The molecule has 3 aromatic rings. The van der Waals surface area contributed by atoms with Crippen LogP contribution in [0.2, 0.25) is 5.02 Å². The normalized spacial score (nSPS) is 13.8. The highest BCUT2D eigenvalue weighted by atomic mass is 79.9. The van der Waals surface area contributed by atoms with Crippen LogP contribution in [0, 0.1) is 6.92 Å². The van der Waals surface area contributed by atoms with Crippen LogP contribution < -0.4 is 20.4 Å². The quantitative estimate of drug-likeness (QED) is 0.293. The van der Waals surface area contributed by atoms with Crippen molar-refractivity contribution in [2.45, 2.75) is 6.92 Å². The topological polar surface area (TPSA) is 117 Å². The van der Waals surface area contributed by atoms with Crippen molar-refractivity contribution in [3.05, 3.63) is 51.0 Å². The van der Waals surface area contributed by atoms with E-state index >= 15 is 0 Å². The molecule has 34 heavy (non-hydrogen) atoms. The number of phenols is 1. The Kier molecular flexibility index (Phi) is 7.66. The number of aromatic nitrogens is 3. The van der Waals surface area contributed by atoms with E-state index in [-0.39, 0.29) is 11.7 Å². The van der Waals surface area contributed by atoms with Crippen LogP contribution in [0.5, 0.6) is 11.5 Å². The summed E-state index contributed by atoms with van der Waals surface area (Å²) in [6, 6.07) is 8.84. The van der Waals surface area contributed by atoms with Crippen molar-refractivity contribution in [2.24, 2.45) is 5.10 Å². The number of hydrogen-bond donors (Lipinski definition) is 3. The molecule has 1 aromatic heterocycles. The first-order valence-corrected chi connectivity index (χ1v) is 11.6. The molecule has 3 N–H and O–H groups in total. The number of phenolic OH excluding ortho intramolecular Hbond substituents is 1. The molecule has 0 spiro atoms. The number of aromatic hydroxyl groups is 1. The van der Waals surface area contributed by atoms with Gasteiger partial charge in [-0.1, -0.05) is 17.7 Å². The molecule has 0 saturated carbocycles. The standard InChI is InChI=1S/C22H23BrClN7O3/c1-13-10-15(23)17(11-16(13)24)26-20-27-21(29-22(28-20)31-6-8-34-9-7-31)30-25-12-14-4-3-5-18(33-2)19(14)32/h3-5,10-12,32H,6-9H2,1-2H3,(H2,26,27,28,29,30)/b25-12+. The number of hydrogen-bond acceptors (Lipinski definition) is 10. The van der Waals surface area contributed by atoms with Crippen molar-refractivity contribution >= 4 is 57.3 Å². The number of halogens is 2. The molecule has 12 heteroatoms. The second-order valence-corrected chi connectivity index (χ2v) is 8.62. The maximum Gasteiger partial charge on any atom is 0.250 e. The average molecular weight is 549 g/mol. The molecule has 1 aliphatic rings. The molecule has 1 fully saturated rings. The number of nitrogens with one attached hydrogen (secondary N) is 2. The number of benzene rings is 2. The van der Waals surface area contributed by atoms with Gasteiger partial charge < -0.3 is 24.8 Å². The molecule has 1 saturated heterocycles. The molecule has 1 aliphatic heterocycles. The van der Waals surface area contributed by atoms with Gasteiger partial charge in [-0.3, -0.25) is 0 Å². The SMILES string of the molecule is COc1cccc(/C=N/Nc2nc(Nc3cc(Cl)c(C)cc3Br)nc(N3CCOCC3)n2)c1O. The Morgan fingerprint density at radius 3 is 2.74 bits per heavy atom. The summed E-state index contributed by atoms with van der Waals surface area (Å²) >= 11 is 9.85. The number of morpholine rings is 1. The van der Waals surface area contributed by atoms with Gasteiger partial charge in [-0.25, -0.2) is 5.43 Å². The molecule has 0 radical (unpaired) electrons. The zero-order chi connectivity index (χ0) is 24.1. The second-order valence-electron chi connectivity index (χ2n) is 7.36. The number of methoxy groups -OCH3 is 1. The van der Waals surface area contributed by atoms with E-state index in [0.717, 1.165) is 10.0 Å². The zero-order valence-corrected chi connectivity index (χ0v) is 20.9. The van der Waals surface area contributed by atoms with Crippen molar-refractivity contribution in [2.75, 3.05) is 49.1 Å². The van der Waals surface area contributed by atoms with Crippen LogP contribution in [-0.4, -0.2) is 59.7 Å². The largest absolute Gasteiger partial charge is 0.504 e. The van der Waals surface area contributed by atoms with Crippen LogP contribution in [0.1, 0.15) is 11.1 Å². The smallest absolute Gasteiger partial charge is 0.250 e. The molecule has 2 heterocycles. The Morgan fingerprint density at radius 2 is 1.97 bits per heavy atom. The first-order valence-electron chi connectivity index (χ1n) is 10.4. The van der Waals surface area contributed by atoms with Gasteiger partial charge in [-0.05, 0) is 52.7 Å². The van der Waals surface area contributed by atoms with Gasteiger partial charge in [0.2, 0.25) is 17.8 Å². The van der Waals surface area contributed by atoms with Crippen molar-refractivity contribution in [1.29, 1.82) is 0 Å². The highest BCUT2D eigenvalue weighted by Gasteiger charge is 2.17. The van der Waals surface area contributed by atoms with Crippen molar-refractivity contribution in [1.82, 2.24) is 15.0 Å². The summed E-state index contributed by atoms with van der Waals surface area (Å²) in [7, 11) is 1.49. The van der Waals surface area contributed by atoms with Gasteiger partial charge in [0.05, 0.1) is 32.2 Å². The molecule has 0 amide bonds. The monoisotopic (exact) mass is 547 g/mol. The highest BCUT2D eigenvalue weighted by molar-refractivity contribution is 9.10. The van der Waals surface area contributed by atoms with E-state index in [1.54, 1.807) is 24.3 Å². The van der Waals surface area contributed by atoms with Crippen molar-refractivity contribution in [3.8, 4) is 11.5 Å². The van der Waals surface area contributed by atoms with Gasteiger partial charge >= 0.3 is 0 Å². The third-order valence-corrected chi connectivity index (χ3v) is 6.09. The van der Waals surface area contributed by atoms with E-state index in [9.17, 15) is 5.11 Å². The Bertz CT molecular complexity index is 1210. The molecular weight excluding hydrogens is 526 g/mol. The molecule has 0 aliphatic carbocycles. The fourth-order valence-electron chi connectivity index (χ4n) is 3.21. The van der Waals surface area contributed by atoms with Crippen molar-refractivity contribution in [3.63, 3.8) is 0 Å². The molecule has 0 unspecified atom stereocenters. The maximum atomic E-state index is 10.2. The summed E-state index contributed by atoms with van der Waals surface area (Å²) in [6.45, 7) is 4.41. The third kappa shape index (κ3) is 5.66. The van der Waals surface area contributed by atoms with Gasteiger partial charge in [0.25, 0.3) is 0 Å². The minimum Gasteiger partial charge on any atom is -0.504 e. The molecule has 10 nitrogen and oxygen atoms in total. The molecule has 178 valence electrons. The van der Waals surface area contributed by atoms with Gasteiger partial charge in [0, 0.05) is 28.1 Å². The van der Waals surface area contributed by atoms with E-state index < -0.39 is 0 Å². The highest BCUT2D eigenvalue weighted by Crippen LogP contribution is 2.31. The van der Waals surface area contributed by atoms with Crippen LogP contribution in [0.3, 0.4) is 0 Å². The fraction of sp³-hybridized carbons (Fsp3) is 0.273. The lowest BCUT2D eigenvalue weighted by atomic mass is 10.2. The second kappa shape index (κ2) is 10.9. The van der Waals surface area contributed by atoms with E-state index in [2.05, 4.69) is 46.7 Å². The van der Waals surface area contributed by atoms with Gasteiger partial charge in [0.15, 0.2) is 11.5 Å². The Morgan fingerprint density at radius 1 is 1.21 bits per heavy atom. The van der Waals surface area contributed by atoms with Crippen LogP contribution >= 0.6 is 27.5 Å². The van der Waals surface area contributed by atoms with E-state index in [0.29, 0.717) is 60.2 Å². The summed E-state index contributed by atoms with van der Waals surface area (Å²) in [4.78, 5) is 15.5. The van der Waals surface area contributed by atoms with Crippen LogP contribution in [0.15, 0.2) is 39.9 Å². The Labute approximate surface area is 210 Å². The minimum absolute atomic E-state index is 0.0105. The summed E-state index contributed by atoms with van der Waals surface area (Å²) in [6.07, 6.45) is 1.46. The molecule has 4 rings (SSSR count). The summed E-state index contributed by atoms with van der Waals surface area (Å²) < 4.78 is 11.4. The molecular formula is C22H23BrClN7O3. The lowest BCUT2D eigenvalue weighted by Gasteiger charge is -2.27. The van der Waals surface area contributed by atoms with Crippen LogP contribution in [0.25, 0.3) is 0 Å². The number of anilines is 4. The predicted octanol–water partition coefficient (Wildman–Crippen LogP) is 4.34. The Balaban J connectivity index is 1.62. The first kappa shape index (κ1) is 24.0. The average Bonchev–Trinajstić information content (AvgIpc) is 2.84. The van der Waals surface area contributed by atoms with Gasteiger partial charge in [0.1, 0.15) is 0 Å². The molecule has 0 atom stereocenters. The summed E-state index contributed by atoms with van der Waals surface area (Å²) in [5, 5.41) is 18.2. The van der Waals surface area contributed by atoms with E-state index in [1.807, 2.05) is 17.9 Å². The van der Waals surface area contributed by atoms with E-state index in [4.69, 9.17) is 21.1 Å². The van der Waals surface area contributed by atoms with Crippen molar-refractivity contribution < 1.29 is 14.6 Å². The van der Waals surface area contributed by atoms with E-state index in [1.165, 1.54) is 13.3 Å². The third-order valence-electron chi connectivity index (χ3n) is 5.03. The fourth-order valence-corrected chi connectivity index (χ4v) is 3.93. The number of rotatable bonds is 7. The Hall–Kier alpha value is -3.15. The zero-order valence-electron chi connectivity index (χ0n) is 18.5. The van der Waals surface area contributed by atoms with Crippen LogP contribution in [-0.2, 0) is 4.74 Å². The number of nitrogens with zero attached hydrogens (tertiary/aromatic N) is 5. The number of hydrazone groups is 1. The number of para-hydroxylation sites is 1. The first-order chi connectivity index (χ1) is 16.4. The summed E-state index contributed by atoms with van der Waals surface area (Å²) in [5.74, 6) is 1.37. The van der Waals surface area contributed by atoms with Gasteiger partial charge in [-0.2, -0.15) is 20.1 Å². The van der Waals surface area contributed by atoms with Gasteiger partial charge in [-0.15, -0.1) is 0 Å². The molecule has 2 aromatic carbocycles. The van der Waals surface area contributed by atoms with Crippen LogP contribution in [0.4, 0.5) is 23.5 Å². The number of ether oxygens (including phenoxy) is 2. The lowest BCUT2D eigenvalue weighted by Crippen LogP contribution is -2.37. The lowest BCUT2D eigenvalue weighted by molar-refractivity contribution is 0.122. The minimum atomic E-state index is -0.0105. The number of aryl methyl sites for hydroxylation is 1. The molecule has 0 bridgehead atoms. The maximum absolute atomic E-state index is 10.2. The summed E-state index contributed by atoms with van der Waals surface area (Å²) in [5.41, 5.74) is 4.95. The predicted molar refractivity (Wildman–Crippen MR) is 136 cm³/mol.